The van der Waals surface area contributed by atoms with E-state index in [1.165, 1.54) is 0 Å². The van der Waals surface area contributed by atoms with Gasteiger partial charge in [-0.25, -0.2) is 0 Å². The molecule has 6 nitrogen and oxygen atoms in total. The lowest BCUT2D eigenvalue weighted by atomic mass is 10.1. The van der Waals surface area contributed by atoms with Crippen molar-refractivity contribution in [3.05, 3.63) is 54.2 Å². The number of Topliss-reactive ketones (excluding diaryl/α,β-unsaturated/α-hetero) is 1. The van der Waals surface area contributed by atoms with Crippen molar-refractivity contribution in [2.75, 3.05) is 33.9 Å². The molecule has 0 unspecified atom stereocenters. The highest BCUT2D eigenvalue weighted by Gasteiger charge is 2.21. The smallest absolute Gasteiger partial charge is 0.161 e. The molecule has 2 heterocycles. The molecule has 0 saturated carbocycles. The second kappa shape index (κ2) is 10.1. The Labute approximate surface area is 189 Å². The number of piperidine rings is 1. The van der Waals surface area contributed by atoms with Gasteiger partial charge in [0.15, 0.2) is 17.3 Å². The van der Waals surface area contributed by atoms with Crippen LogP contribution in [-0.4, -0.2) is 55.2 Å². The van der Waals surface area contributed by atoms with Gasteiger partial charge in [-0.1, -0.05) is 12.1 Å². The first-order valence-electron chi connectivity index (χ1n) is 11.3. The maximum atomic E-state index is 12.1. The summed E-state index contributed by atoms with van der Waals surface area (Å²) < 4.78 is 19.2. The number of likely N-dealkylation sites (tertiary alicyclic amines) is 1. The number of hydrogen-bond acceptors (Lipinski definition) is 5. The van der Waals surface area contributed by atoms with E-state index < -0.39 is 0 Å². The number of ether oxygens (including phenoxy) is 3. The van der Waals surface area contributed by atoms with Crippen molar-refractivity contribution >= 4 is 16.7 Å². The van der Waals surface area contributed by atoms with Gasteiger partial charge in [0.2, 0.25) is 0 Å². The number of rotatable bonds is 9. The molecule has 2 aromatic carbocycles. The van der Waals surface area contributed by atoms with Gasteiger partial charge in [0, 0.05) is 42.8 Å². The zero-order chi connectivity index (χ0) is 22.5. The average Bonchev–Trinajstić information content (AvgIpc) is 3.18. The minimum Gasteiger partial charge on any atom is -0.497 e. The van der Waals surface area contributed by atoms with Crippen LogP contribution < -0.4 is 14.2 Å². The second-order valence-electron chi connectivity index (χ2n) is 8.34. The van der Waals surface area contributed by atoms with E-state index in [1.54, 1.807) is 21.1 Å². The third-order valence-corrected chi connectivity index (χ3v) is 6.24. The van der Waals surface area contributed by atoms with Crippen molar-refractivity contribution in [2.45, 2.75) is 38.8 Å². The van der Waals surface area contributed by atoms with Crippen molar-refractivity contribution < 1.29 is 19.0 Å². The van der Waals surface area contributed by atoms with Crippen LogP contribution in [0.25, 0.3) is 10.9 Å². The Hall–Kier alpha value is -2.99. The van der Waals surface area contributed by atoms with Gasteiger partial charge in [-0.2, -0.15) is 0 Å². The Balaban J connectivity index is 1.31. The van der Waals surface area contributed by atoms with Crippen molar-refractivity contribution in [3.8, 4) is 17.2 Å². The predicted octanol–water partition coefficient (Wildman–Crippen LogP) is 4.79. The molecule has 170 valence electrons. The van der Waals surface area contributed by atoms with Crippen LogP contribution in [-0.2, 0) is 6.54 Å². The number of para-hydroxylation sites is 2. The Morgan fingerprint density at radius 2 is 1.75 bits per heavy atom. The Kier molecular flexibility index (Phi) is 7.00. The highest BCUT2D eigenvalue weighted by atomic mass is 16.5. The number of carbonyl (C=O) groups is 1. The van der Waals surface area contributed by atoms with Crippen LogP contribution in [0.5, 0.6) is 17.2 Å². The number of hydrogen-bond donors (Lipinski definition) is 0. The highest BCUT2D eigenvalue weighted by Crippen LogP contribution is 2.29. The number of fused-ring (bicyclic) bond motifs is 1. The number of aromatic nitrogens is 1. The maximum Gasteiger partial charge on any atom is 0.161 e. The van der Waals surface area contributed by atoms with Crippen molar-refractivity contribution in [3.63, 3.8) is 0 Å². The van der Waals surface area contributed by atoms with Gasteiger partial charge in [0.25, 0.3) is 0 Å². The van der Waals surface area contributed by atoms with Crippen LogP contribution in [0.3, 0.4) is 0 Å². The summed E-state index contributed by atoms with van der Waals surface area (Å²) in [5, 5.41) is 0.993. The monoisotopic (exact) mass is 436 g/mol. The lowest BCUT2D eigenvalue weighted by Crippen LogP contribution is -2.39. The molecule has 1 saturated heterocycles. The minimum atomic E-state index is 0.0936. The van der Waals surface area contributed by atoms with E-state index in [2.05, 4.69) is 9.47 Å². The van der Waals surface area contributed by atoms with E-state index >= 15 is 0 Å². The second-order valence-corrected chi connectivity index (χ2v) is 8.34. The fraction of sp³-hybridized carbons (Fsp3) is 0.423. The maximum absolute atomic E-state index is 12.1. The summed E-state index contributed by atoms with van der Waals surface area (Å²) in [6.07, 6.45) is 5.25. The molecule has 1 aliphatic rings. The number of nitrogens with zero attached hydrogens (tertiary/aromatic N) is 2. The SMILES string of the molecule is COc1ccc2c(C(C)=O)cn(CCCN3CCC(Oc4ccccc4OC)CC3)c2c1. The van der Waals surface area contributed by atoms with Crippen LogP contribution in [0.2, 0.25) is 0 Å². The summed E-state index contributed by atoms with van der Waals surface area (Å²) in [4.78, 5) is 14.6. The Morgan fingerprint density at radius 1 is 1.00 bits per heavy atom. The van der Waals surface area contributed by atoms with Crippen LogP contribution >= 0.6 is 0 Å². The van der Waals surface area contributed by atoms with Gasteiger partial charge in [-0.05, 0) is 57.0 Å². The fourth-order valence-electron chi connectivity index (χ4n) is 4.48. The quantitative estimate of drug-likeness (QED) is 0.451. The van der Waals surface area contributed by atoms with Crippen LogP contribution in [0, 0.1) is 0 Å². The van der Waals surface area contributed by atoms with E-state index in [9.17, 15) is 4.79 Å². The Morgan fingerprint density at radius 3 is 2.44 bits per heavy atom. The summed E-state index contributed by atoms with van der Waals surface area (Å²) in [7, 11) is 3.34. The zero-order valence-electron chi connectivity index (χ0n) is 19.2. The lowest BCUT2D eigenvalue weighted by molar-refractivity contribution is 0.0967. The number of carbonyl (C=O) groups excluding carboxylic acids is 1. The van der Waals surface area contributed by atoms with Gasteiger partial charge in [-0.15, -0.1) is 0 Å². The van der Waals surface area contributed by atoms with E-state index in [1.807, 2.05) is 48.7 Å². The fourth-order valence-corrected chi connectivity index (χ4v) is 4.48. The van der Waals surface area contributed by atoms with Crippen molar-refractivity contribution in [2.24, 2.45) is 0 Å². The molecule has 0 radical (unpaired) electrons. The summed E-state index contributed by atoms with van der Waals surface area (Å²) in [6, 6.07) is 13.7. The number of ketones is 1. The molecule has 0 bridgehead atoms. The van der Waals surface area contributed by atoms with Crippen molar-refractivity contribution in [1.29, 1.82) is 0 Å². The zero-order valence-corrected chi connectivity index (χ0v) is 19.2. The molecule has 0 spiro atoms. The van der Waals surface area contributed by atoms with Gasteiger partial charge >= 0.3 is 0 Å². The largest absolute Gasteiger partial charge is 0.497 e. The molecular weight excluding hydrogens is 404 g/mol. The molecule has 3 aromatic rings. The van der Waals surface area contributed by atoms with E-state index in [0.29, 0.717) is 0 Å². The van der Waals surface area contributed by atoms with Gasteiger partial charge in [0.1, 0.15) is 11.9 Å². The van der Waals surface area contributed by atoms with Crippen LogP contribution in [0.15, 0.2) is 48.7 Å². The standard InChI is InChI=1S/C26H32N2O4/c1-19(29)23-18-28(24-17-21(30-2)9-10-22(23)24)14-6-13-27-15-11-20(12-16-27)32-26-8-5-4-7-25(26)31-3/h4-5,7-10,17-18,20H,6,11-16H2,1-3H3. The van der Waals surface area contributed by atoms with Gasteiger partial charge < -0.3 is 23.7 Å². The third kappa shape index (κ3) is 4.91. The molecule has 0 amide bonds. The molecule has 1 aromatic heterocycles. The summed E-state index contributed by atoms with van der Waals surface area (Å²) >= 11 is 0. The highest BCUT2D eigenvalue weighted by molar-refractivity contribution is 6.07. The molecule has 6 heteroatoms. The van der Waals surface area contributed by atoms with E-state index in [-0.39, 0.29) is 11.9 Å². The first-order valence-corrected chi connectivity index (χ1v) is 11.3. The van der Waals surface area contributed by atoms with Crippen LogP contribution in [0.1, 0.15) is 36.5 Å². The van der Waals surface area contributed by atoms with Gasteiger partial charge in [0.05, 0.1) is 19.7 Å². The summed E-state index contributed by atoms with van der Waals surface area (Å²) in [6.45, 7) is 5.58. The number of methoxy groups -OCH3 is 2. The lowest BCUT2D eigenvalue weighted by Gasteiger charge is -2.32. The normalized spacial score (nSPS) is 15.1. The molecular formula is C26H32N2O4. The molecule has 4 rings (SSSR count). The Bertz CT molecular complexity index is 1070. The predicted molar refractivity (Wildman–Crippen MR) is 126 cm³/mol. The van der Waals surface area contributed by atoms with Crippen molar-refractivity contribution in [1.82, 2.24) is 9.47 Å². The van der Waals surface area contributed by atoms with Gasteiger partial charge in [-0.3, -0.25) is 4.79 Å². The number of aryl methyl sites for hydroxylation is 1. The molecule has 1 aliphatic heterocycles. The molecule has 0 N–H and O–H groups in total. The molecule has 0 atom stereocenters. The average molecular weight is 437 g/mol. The first-order chi connectivity index (χ1) is 15.6. The molecule has 0 aliphatic carbocycles. The number of benzene rings is 2. The first kappa shape index (κ1) is 22.2. The van der Waals surface area contributed by atoms with E-state index in [4.69, 9.17) is 14.2 Å². The summed E-state index contributed by atoms with van der Waals surface area (Å²) in [5.41, 5.74) is 1.83. The topological polar surface area (TPSA) is 52.9 Å². The molecule has 1 fully saturated rings. The molecule has 32 heavy (non-hydrogen) atoms. The van der Waals surface area contributed by atoms with Crippen LogP contribution in [0.4, 0.5) is 0 Å². The summed E-state index contributed by atoms with van der Waals surface area (Å²) in [5.74, 6) is 2.51. The minimum absolute atomic E-state index is 0.0936. The third-order valence-electron chi connectivity index (χ3n) is 6.24. The van der Waals surface area contributed by atoms with E-state index in [0.717, 1.165) is 79.2 Å².